The smallest absolute Gasteiger partial charge is 0.249 e. The molecule has 328 valence electrons. The molecule has 0 aromatic carbocycles. The number of rotatable bonds is 36. The third kappa shape index (κ3) is 25.0. The zero-order chi connectivity index (χ0) is 41.2. The fourth-order valence-electron chi connectivity index (χ4n) is 6.95. The lowest BCUT2D eigenvalue weighted by Gasteiger charge is -2.40. The van der Waals surface area contributed by atoms with Gasteiger partial charge in [0.25, 0.3) is 0 Å². The number of hydrogen-bond acceptors (Lipinski definition) is 10. The van der Waals surface area contributed by atoms with Crippen LogP contribution in [0.15, 0.2) is 36.5 Å². The second kappa shape index (κ2) is 35.3. The maximum atomic E-state index is 13.1. The number of allylic oxidation sites excluding steroid dienone is 6. The van der Waals surface area contributed by atoms with Gasteiger partial charge in [0.1, 0.15) is 36.6 Å². The zero-order valence-corrected chi connectivity index (χ0v) is 35.1. The van der Waals surface area contributed by atoms with Crippen LogP contribution in [0.5, 0.6) is 0 Å². The topological polar surface area (TPSA) is 189 Å². The summed E-state index contributed by atoms with van der Waals surface area (Å²) in [5, 5.41) is 75.5. The molecule has 56 heavy (non-hydrogen) atoms. The Bertz CT molecular complexity index is 1010. The minimum atomic E-state index is -1.67. The summed E-state index contributed by atoms with van der Waals surface area (Å²) in [7, 11) is 0. The molecule has 1 aliphatic rings. The number of carbonyl (C=O) groups is 1. The Labute approximate surface area is 339 Å². The Kier molecular flexibility index (Phi) is 33.0. The molecule has 0 aliphatic carbocycles. The van der Waals surface area contributed by atoms with E-state index >= 15 is 0 Å². The first-order valence-corrected chi connectivity index (χ1v) is 22.4. The second-order valence-electron chi connectivity index (χ2n) is 15.7. The molecular formula is C45H83NO10. The highest BCUT2D eigenvalue weighted by atomic mass is 16.7. The summed E-state index contributed by atoms with van der Waals surface area (Å²) in [6, 6.07) is -1.19. The number of nitrogens with one attached hydrogen (secondary N) is 1. The molecule has 0 radical (unpaired) electrons. The van der Waals surface area contributed by atoms with Gasteiger partial charge in [-0.25, -0.2) is 0 Å². The summed E-state index contributed by atoms with van der Waals surface area (Å²) in [6.45, 7) is 3.29. The minimum Gasteiger partial charge on any atom is -0.394 e. The van der Waals surface area contributed by atoms with Gasteiger partial charge >= 0.3 is 0 Å². The molecule has 9 atom stereocenters. The van der Waals surface area contributed by atoms with Gasteiger partial charge in [0.15, 0.2) is 6.29 Å². The van der Waals surface area contributed by atoms with E-state index < -0.39 is 74.2 Å². The van der Waals surface area contributed by atoms with Crippen LogP contribution < -0.4 is 5.32 Å². The molecule has 0 bridgehead atoms. The van der Waals surface area contributed by atoms with Gasteiger partial charge in [-0.2, -0.15) is 0 Å². The maximum absolute atomic E-state index is 13.1. The van der Waals surface area contributed by atoms with Crippen LogP contribution in [0.2, 0.25) is 0 Å². The van der Waals surface area contributed by atoms with Crippen molar-refractivity contribution in [2.24, 2.45) is 0 Å². The van der Waals surface area contributed by atoms with Crippen molar-refractivity contribution >= 4 is 5.91 Å². The quantitative estimate of drug-likeness (QED) is 0.0247. The first-order chi connectivity index (χ1) is 27.2. The van der Waals surface area contributed by atoms with E-state index in [0.29, 0.717) is 19.3 Å². The van der Waals surface area contributed by atoms with Crippen molar-refractivity contribution in [3.05, 3.63) is 36.5 Å². The Hall–Kier alpha value is -1.67. The van der Waals surface area contributed by atoms with Crippen LogP contribution in [0.25, 0.3) is 0 Å². The highest BCUT2D eigenvalue weighted by Crippen LogP contribution is 2.23. The van der Waals surface area contributed by atoms with E-state index in [1.807, 2.05) is 6.08 Å². The van der Waals surface area contributed by atoms with E-state index in [-0.39, 0.29) is 12.8 Å². The van der Waals surface area contributed by atoms with E-state index in [2.05, 4.69) is 49.5 Å². The van der Waals surface area contributed by atoms with Gasteiger partial charge in [0, 0.05) is 0 Å². The molecule has 1 amide bonds. The summed E-state index contributed by atoms with van der Waals surface area (Å²) in [6.07, 6.45) is 27.7. The number of ether oxygens (including phenoxy) is 2. The van der Waals surface area contributed by atoms with E-state index in [9.17, 15) is 40.5 Å². The number of hydrogen-bond donors (Lipinski definition) is 8. The predicted octanol–water partition coefficient (Wildman–Crippen LogP) is 6.83. The molecule has 9 unspecified atom stereocenters. The van der Waals surface area contributed by atoms with Crippen molar-refractivity contribution in [2.75, 3.05) is 13.2 Å². The van der Waals surface area contributed by atoms with Crippen LogP contribution in [0.1, 0.15) is 174 Å². The van der Waals surface area contributed by atoms with Crippen molar-refractivity contribution in [3.8, 4) is 0 Å². The maximum Gasteiger partial charge on any atom is 0.249 e. The lowest BCUT2D eigenvalue weighted by atomic mass is 9.98. The fourth-order valence-corrected chi connectivity index (χ4v) is 6.95. The zero-order valence-electron chi connectivity index (χ0n) is 35.1. The van der Waals surface area contributed by atoms with Gasteiger partial charge in [0.05, 0.1) is 25.4 Å². The van der Waals surface area contributed by atoms with Gasteiger partial charge in [-0.3, -0.25) is 4.79 Å². The van der Waals surface area contributed by atoms with E-state index in [1.165, 1.54) is 77.0 Å². The first kappa shape index (κ1) is 52.3. The summed E-state index contributed by atoms with van der Waals surface area (Å²) in [4.78, 5) is 13.1. The molecule has 1 fully saturated rings. The van der Waals surface area contributed by atoms with Gasteiger partial charge in [0.2, 0.25) is 5.91 Å². The third-order valence-electron chi connectivity index (χ3n) is 10.7. The lowest BCUT2D eigenvalue weighted by Crippen LogP contribution is -2.60. The average molecular weight is 798 g/mol. The molecular weight excluding hydrogens is 714 g/mol. The van der Waals surface area contributed by atoms with E-state index in [1.54, 1.807) is 0 Å². The minimum absolute atomic E-state index is 0.241. The Morgan fingerprint density at radius 3 is 1.61 bits per heavy atom. The number of carbonyl (C=O) groups excluding carboxylic acids is 1. The molecule has 0 saturated carbocycles. The van der Waals surface area contributed by atoms with Crippen LogP contribution in [-0.4, -0.2) is 110 Å². The number of unbranched alkanes of at least 4 members (excludes halogenated alkanes) is 18. The molecule has 1 aliphatic heterocycles. The van der Waals surface area contributed by atoms with Crippen molar-refractivity contribution in [1.29, 1.82) is 0 Å². The second-order valence-corrected chi connectivity index (χ2v) is 15.7. The number of aliphatic hydroxyl groups is 7. The van der Waals surface area contributed by atoms with Crippen molar-refractivity contribution in [1.82, 2.24) is 5.32 Å². The number of amides is 1. The van der Waals surface area contributed by atoms with Crippen LogP contribution in [0.3, 0.4) is 0 Å². The summed E-state index contributed by atoms with van der Waals surface area (Å²) >= 11 is 0. The summed E-state index contributed by atoms with van der Waals surface area (Å²) in [5.41, 5.74) is 0. The predicted molar refractivity (Wildman–Crippen MR) is 224 cm³/mol. The lowest BCUT2D eigenvalue weighted by molar-refractivity contribution is -0.303. The van der Waals surface area contributed by atoms with E-state index in [4.69, 9.17) is 9.47 Å². The molecule has 0 aromatic heterocycles. The van der Waals surface area contributed by atoms with Gasteiger partial charge in [-0.15, -0.1) is 0 Å². The Balaban J connectivity index is 2.50. The Morgan fingerprint density at radius 2 is 1.11 bits per heavy atom. The van der Waals surface area contributed by atoms with E-state index in [0.717, 1.165) is 51.4 Å². The molecule has 11 nitrogen and oxygen atoms in total. The third-order valence-corrected chi connectivity index (χ3v) is 10.7. The molecule has 8 N–H and O–H groups in total. The standard InChI is InChI=1S/C45H83NO10/c1-3-5-7-9-11-13-15-17-18-19-21-23-25-27-29-31-33-38(49)44(54)46-36(35-55-45-43(53)42(52)41(51)39(34-47)56-45)40(50)37(48)32-30-28-26-24-22-20-16-14-12-10-8-6-4-2/h6,8,14,16,24,26,36-43,45,47-53H,3-5,7,9-13,15,17-23,25,27-35H2,1-2H3,(H,46,54)/b8-6+,16-14+,26-24+. The average Bonchev–Trinajstić information content (AvgIpc) is 3.20. The molecule has 1 heterocycles. The first-order valence-electron chi connectivity index (χ1n) is 22.4. The van der Waals surface area contributed by atoms with Crippen LogP contribution >= 0.6 is 0 Å². The largest absolute Gasteiger partial charge is 0.394 e. The highest BCUT2D eigenvalue weighted by Gasteiger charge is 2.44. The van der Waals surface area contributed by atoms with Crippen LogP contribution in [-0.2, 0) is 14.3 Å². The molecule has 11 heteroatoms. The van der Waals surface area contributed by atoms with Crippen molar-refractivity contribution in [2.45, 2.75) is 229 Å². The van der Waals surface area contributed by atoms with Crippen molar-refractivity contribution in [3.63, 3.8) is 0 Å². The van der Waals surface area contributed by atoms with Crippen LogP contribution in [0.4, 0.5) is 0 Å². The number of aliphatic hydroxyl groups excluding tert-OH is 7. The van der Waals surface area contributed by atoms with Gasteiger partial charge in [-0.05, 0) is 57.8 Å². The molecule has 1 rings (SSSR count). The summed E-state index contributed by atoms with van der Waals surface area (Å²) < 4.78 is 11.0. The Morgan fingerprint density at radius 1 is 0.625 bits per heavy atom. The van der Waals surface area contributed by atoms with Crippen molar-refractivity contribution < 1.29 is 50.0 Å². The molecule has 0 spiro atoms. The fraction of sp³-hybridized carbons (Fsp3) is 0.844. The highest BCUT2D eigenvalue weighted by molar-refractivity contribution is 5.80. The van der Waals surface area contributed by atoms with Gasteiger partial charge < -0.3 is 50.5 Å². The SMILES string of the molecule is CC/C=C/CC/C=C/CC/C=C/CCCC(O)C(O)C(COC1OC(CO)C(O)C(O)C1O)NC(=O)C(O)CCCCCCCCCCCCCCCCCC. The van der Waals surface area contributed by atoms with Crippen LogP contribution in [0, 0.1) is 0 Å². The normalized spacial score (nSPS) is 22.6. The molecule has 0 aromatic rings. The molecule has 1 saturated heterocycles. The van der Waals surface area contributed by atoms with Gasteiger partial charge in [-0.1, -0.05) is 153 Å². The summed E-state index contributed by atoms with van der Waals surface area (Å²) in [5.74, 6) is -0.714. The monoisotopic (exact) mass is 798 g/mol.